The number of nitrogens with one attached hydrogen (secondary N) is 1. The van der Waals surface area contributed by atoms with Gasteiger partial charge >= 0.3 is 0 Å². The number of rotatable bonds is 9. The summed E-state index contributed by atoms with van der Waals surface area (Å²) in [6.45, 7) is 0.949. The van der Waals surface area contributed by atoms with Crippen molar-refractivity contribution < 1.29 is 14.1 Å². The Morgan fingerprint density at radius 2 is 2.08 bits per heavy atom. The predicted molar refractivity (Wildman–Crippen MR) is 96.1 cm³/mol. The third kappa shape index (κ3) is 6.03. The average Bonchev–Trinajstić information content (AvgIpc) is 3.34. The van der Waals surface area contributed by atoms with Crippen molar-refractivity contribution in [2.75, 3.05) is 18.5 Å². The number of amides is 1. The molecule has 136 valence electrons. The molecule has 1 saturated carbocycles. The molecular weight excluding hydrogens is 344 g/mol. The molecule has 0 saturated heterocycles. The molecule has 1 aliphatic rings. The van der Waals surface area contributed by atoms with Crippen LogP contribution in [-0.4, -0.2) is 29.2 Å². The van der Waals surface area contributed by atoms with Crippen LogP contribution in [0.15, 0.2) is 28.8 Å². The third-order valence-electron chi connectivity index (χ3n) is 3.75. The van der Waals surface area contributed by atoms with Crippen LogP contribution in [0.1, 0.15) is 43.3 Å². The smallest absolute Gasteiger partial charge is 0.226 e. The number of nitrogens with zero attached hydrogens (tertiary/aromatic N) is 2. The number of carbonyl (C=O) groups is 1. The molecule has 1 heterocycles. The molecule has 1 aromatic carbocycles. The maximum Gasteiger partial charge on any atom is 0.226 e. The summed E-state index contributed by atoms with van der Waals surface area (Å²) in [7, 11) is 0. The lowest BCUT2D eigenvalue weighted by Gasteiger charge is -2.07. The summed E-state index contributed by atoms with van der Waals surface area (Å²) in [5.41, 5.74) is 6.13. The van der Waals surface area contributed by atoms with Gasteiger partial charge in [-0.2, -0.15) is 4.98 Å². The molecule has 0 aliphatic heterocycles. The summed E-state index contributed by atoms with van der Waals surface area (Å²) in [4.78, 5) is 16.3. The first-order valence-corrected chi connectivity index (χ1v) is 8.30. The van der Waals surface area contributed by atoms with Gasteiger partial charge in [0.1, 0.15) is 12.4 Å². The fourth-order valence-electron chi connectivity index (χ4n) is 2.31. The van der Waals surface area contributed by atoms with Crippen molar-refractivity contribution in [3.05, 3.63) is 36.0 Å². The number of aromatic nitrogens is 2. The van der Waals surface area contributed by atoms with Gasteiger partial charge < -0.3 is 20.3 Å². The van der Waals surface area contributed by atoms with E-state index in [1.165, 1.54) is 0 Å². The zero-order valence-corrected chi connectivity index (χ0v) is 14.8. The summed E-state index contributed by atoms with van der Waals surface area (Å²) in [6.07, 6.45) is 4.01. The zero-order valence-electron chi connectivity index (χ0n) is 13.9. The number of nitrogens with two attached hydrogens (primary N) is 1. The zero-order chi connectivity index (χ0) is 16.8. The molecule has 0 spiro atoms. The van der Waals surface area contributed by atoms with Crippen LogP contribution in [0.5, 0.6) is 5.75 Å². The molecule has 1 amide bonds. The van der Waals surface area contributed by atoms with Crippen LogP contribution >= 0.6 is 12.4 Å². The molecule has 25 heavy (non-hydrogen) atoms. The van der Waals surface area contributed by atoms with Crippen molar-refractivity contribution in [1.29, 1.82) is 0 Å². The summed E-state index contributed by atoms with van der Waals surface area (Å²) in [6, 6.07) is 7.24. The largest absolute Gasteiger partial charge is 0.492 e. The first kappa shape index (κ1) is 19.2. The molecule has 7 nitrogen and oxygen atoms in total. The Kier molecular flexibility index (Phi) is 7.21. The van der Waals surface area contributed by atoms with Gasteiger partial charge in [-0.05, 0) is 43.5 Å². The van der Waals surface area contributed by atoms with Gasteiger partial charge in [0, 0.05) is 31.0 Å². The van der Waals surface area contributed by atoms with Crippen molar-refractivity contribution in [1.82, 2.24) is 10.1 Å². The van der Waals surface area contributed by atoms with E-state index in [4.69, 9.17) is 15.0 Å². The predicted octanol–water partition coefficient (Wildman–Crippen LogP) is 2.67. The van der Waals surface area contributed by atoms with Crippen LogP contribution in [0.4, 0.5) is 5.69 Å². The second kappa shape index (κ2) is 9.39. The van der Waals surface area contributed by atoms with Crippen molar-refractivity contribution >= 4 is 24.0 Å². The minimum Gasteiger partial charge on any atom is -0.492 e. The lowest BCUT2D eigenvalue weighted by Crippen LogP contribution is -2.12. The first-order chi connectivity index (χ1) is 11.7. The van der Waals surface area contributed by atoms with Gasteiger partial charge in [-0.3, -0.25) is 4.79 Å². The molecule has 3 N–H and O–H groups in total. The highest BCUT2D eigenvalue weighted by atomic mass is 35.5. The van der Waals surface area contributed by atoms with Gasteiger partial charge in [0.25, 0.3) is 0 Å². The molecule has 0 bridgehead atoms. The van der Waals surface area contributed by atoms with E-state index in [-0.39, 0.29) is 18.3 Å². The number of hydrogen-bond donors (Lipinski definition) is 2. The Bertz CT molecular complexity index is 671. The number of ether oxygens (including phenoxy) is 1. The van der Waals surface area contributed by atoms with Crippen LogP contribution in [-0.2, 0) is 11.2 Å². The third-order valence-corrected chi connectivity index (χ3v) is 3.75. The van der Waals surface area contributed by atoms with Crippen LogP contribution in [0.25, 0.3) is 0 Å². The van der Waals surface area contributed by atoms with E-state index in [1.54, 1.807) is 0 Å². The molecule has 0 unspecified atom stereocenters. The Labute approximate surface area is 152 Å². The Morgan fingerprint density at radius 1 is 1.32 bits per heavy atom. The fourth-order valence-corrected chi connectivity index (χ4v) is 2.31. The van der Waals surface area contributed by atoms with E-state index >= 15 is 0 Å². The Balaban J connectivity index is 0.00000225. The quantitative estimate of drug-likeness (QED) is 0.707. The molecular formula is C17H23ClN4O3. The molecule has 2 aromatic rings. The van der Waals surface area contributed by atoms with Crippen LogP contribution in [0.2, 0.25) is 0 Å². The second-order valence-corrected chi connectivity index (χ2v) is 5.88. The van der Waals surface area contributed by atoms with Crippen LogP contribution in [0, 0.1) is 0 Å². The summed E-state index contributed by atoms with van der Waals surface area (Å²) in [5.74, 6) is 2.62. The maximum absolute atomic E-state index is 12.0. The number of carbonyl (C=O) groups excluding carboxylic acids is 1. The topological polar surface area (TPSA) is 103 Å². The van der Waals surface area contributed by atoms with Crippen molar-refractivity contribution in [2.45, 2.75) is 38.0 Å². The summed E-state index contributed by atoms with van der Waals surface area (Å²) in [5, 5.41) is 6.83. The van der Waals surface area contributed by atoms with Gasteiger partial charge in [-0.15, -0.1) is 12.4 Å². The minimum atomic E-state index is -0.0347. The molecule has 1 aromatic heterocycles. The van der Waals surface area contributed by atoms with E-state index in [0.29, 0.717) is 44.2 Å². The van der Waals surface area contributed by atoms with Gasteiger partial charge in [-0.1, -0.05) is 5.16 Å². The Morgan fingerprint density at radius 3 is 2.76 bits per heavy atom. The highest BCUT2D eigenvalue weighted by molar-refractivity contribution is 5.90. The lowest BCUT2D eigenvalue weighted by molar-refractivity contribution is -0.116. The lowest BCUT2D eigenvalue weighted by atomic mass is 10.2. The van der Waals surface area contributed by atoms with Gasteiger partial charge in [0.2, 0.25) is 11.8 Å². The average molecular weight is 367 g/mol. The van der Waals surface area contributed by atoms with Gasteiger partial charge in [0.15, 0.2) is 5.82 Å². The molecule has 3 rings (SSSR count). The number of anilines is 1. The van der Waals surface area contributed by atoms with Crippen LogP contribution in [0.3, 0.4) is 0 Å². The molecule has 1 fully saturated rings. The second-order valence-electron chi connectivity index (χ2n) is 5.88. The number of hydrogen-bond acceptors (Lipinski definition) is 6. The van der Waals surface area contributed by atoms with E-state index in [2.05, 4.69) is 15.5 Å². The monoisotopic (exact) mass is 366 g/mol. The van der Waals surface area contributed by atoms with Crippen molar-refractivity contribution in [3.63, 3.8) is 0 Å². The molecule has 1 aliphatic carbocycles. The number of halogens is 1. The van der Waals surface area contributed by atoms with E-state index < -0.39 is 0 Å². The maximum atomic E-state index is 12.0. The van der Waals surface area contributed by atoms with E-state index in [1.807, 2.05) is 24.3 Å². The standard InChI is InChI=1S/C17H22N4O3.ClH/c18-10-11-23-14-8-6-13(7-9-14)19-15(22)2-1-3-16-20-17(21-24-16)12-4-5-12;/h6-9,12H,1-5,10-11,18H2,(H,19,22);1H. The SMILES string of the molecule is Cl.NCCOc1ccc(NC(=O)CCCc2nc(C3CC3)no2)cc1. The van der Waals surface area contributed by atoms with Crippen molar-refractivity contribution in [2.24, 2.45) is 5.73 Å². The minimum absolute atomic E-state index is 0. The number of benzene rings is 1. The molecule has 8 heteroatoms. The highest BCUT2D eigenvalue weighted by Gasteiger charge is 2.28. The molecule has 0 atom stereocenters. The van der Waals surface area contributed by atoms with Gasteiger partial charge in [-0.25, -0.2) is 0 Å². The van der Waals surface area contributed by atoms with E-state index in [0.717, 1.165) is 30.1 Å². The summed E-state index contributed by atoms with van der Waals surface area (Å²) >= 11 is 0. The highest BCUT2D eigenvalue weighted by Crippen LogP contribution is 2.38. The normalized spacial score (nSPS) is 13.2. The Hall–Kier alpha value is -2.12. The number of aryl methyl sites for hydroxylation is 1. The fraction of sp³-hybridized carbons (Fsp3) is 0.471. The first-order valence-electron chi connectivity index (χ1n) is 8.30. The molecule has 0 radical (unpaired) electrons. The van der Waals surface area contributed by atoms with Crippen molar-refractivity contribution in [3.8, 4) is 5.75 Å². The summed E-state index contributed by atoms with van der Waals surface area (Å²) < 4.78 is 10.6. The van der Waals surface area contributed by atoms with Gasteiger partial charge in [0.05, 0.1) is 0 Å². The van der Waals surface area contributed by atoms with E-state index in [9.17, 15) is 4.79 Å². The van der Waals surface area contributed by atoms with Crippen LogP contribution < -0.4 is 15.8 Å².